The van der Waals surface area contributed by atoms with Gasteiger partial charge >= 0.3 is 5.97 Å². The lowest BCUT2D eigenvalue weighted by molar-refractivity contribution is 0.0697. The van der Waals surface area contributed by atoms with Gasteiger partial charge in [-0.2, -0.15) is 11.8 Å². The molecular weight excluding hydrogens is 224 g/mol. The number of carboxylic acid groups (broad SMARTS) is 1. The molecule has 0 amide bonds. The molecular formula is C12H16O3S. The van der Waals surface area contributed by atoms with Crippen molar-refractivity contribution in [1.82, 2.24) is 0 Å². The molecule has 1 aromatic rings. The van der Waals surface area contributed by atoms with Crippen molar-refractivity contribution in [3.05, 3.63) is 34.9 Å². The van der Waals surface area contributed by atoms with Crippen LogP contribution in [0.25, 0.3) is 0 Å². The predicted octanol–water partition coefficient (Wildman–Crippen LogP) is 2.31. The third-order valence-corrected chi connectivity index (χ3v) is 3.57. The SMILES string of the molecule is Cc1cc(C(=O)O)ccc1CSC(C)CO. The highest BCUT2D eigenvalue weighted by Crippen LogP contribution is 2.20. The number of aryl methyl sites for hydroxylation is 1. The fourth-order valence-corrected chi connectivity index (χ4v) is 2.17. The van der Waals surface area contributed by atoms with Gasteiger partial charge in [0.2, 0.25) is 0 Å². The molecule has 0 heterocycles. The first-order valence-corrected chi connectivity index (χ1v) is 6.14. The number of carbonyl (C=O) groups is 1. The van der Waals surface area contributed by atoms with Gasteiger partial charge in [0.05, 0.1) is 12.2 Å². The smallest absolute Gasteiger partial charge is 0.335 e. The molecule has 1 unspecified atom stereocenters. The van der Waals surface area contributed by atoms with Gasteiger partial charge in [-0.05, 0) is 30.2 Å². The second-order valence-corrected chi connectivity index (χ2v) is 5.18. The summed E-state index contributed by atoms with van der Waals surface area (Å²) in [6.07, 6.45) is 0. The molecule has 88 valence electrons. The standard InChI is InChI=1S/C12H16O3S/c1-8-5-10(12(14)15)3-4-11(8)7-16-9(2)6-13/h3-5,9,13H,6-7H2,1-2H3,(H,14,15). The molecule has 1 atom stereocenters. The predicted molar refractivity (Wildman–Crippen MR) is 66.0 cm³/mol. The van der Waals surface area contributed by atoms with E-state index in [-0.39, 0.29) is 11.9 Å². The minimum absolute atomic E-state index is 0.164. The molecule has 16 heavy (non-hydrogen) atoms. The molecule has 1 rings (SSSR count). The van der Waals surface area contributed by atoms with Crippen molar-refractivity contribution in [2.24, 2.45) is 0 Å². The first-order valence-electron chi connectivity index (χ1n) is 5.10. The second kappa shape index (κ2) is 5.92. The van der Waals surface area contributed by atoms with Crippen molar-refractivity contribution in [3.8, 4) is 0 Å². The maximum absolute atomic E-state index is 10.7. The van der Waals surface area contributed by atoms with Gasteiger partial charge in [0.15, 0.2) is 0 Å². The monoisotopic (exact) mass is 240 g/mol. The van der Waals surface area contributed by atoms with Crippen LogP contribution in [0.4, 0.5) is 0 Å². The molecule has 0 aliphatic rings. The number of aliphatic hydroxyl groups is 1. The van der Waals surface area contributed by atoms with Gasteiger partial charge in [-0.3, -0.25) is 0 Å². The van der Waals surface area contributed by atoms with Crippen LogP contribution in [0.2, 0.25) is 0 Å². The van der Waals surface area contributed by atoms with E-state index >= 15 is 0 Å². The lowest BCUT2D eigenvalue weighted by Crippen LogP contribution is -2.03. The van der Waals surface area contributed by atoms with Crippen molar-refractivity contribution < 1.29 is 15.0 Å². The van der Waals surface area contributed by atoms with Crippen molar-refractivity contribution in [3.63, 3.8) is 0 Å². The van der Waals surface area contributed by atoms with Gasteiger partial charge in [0, 0.05) is 11.0 Å². The van der Waals surface area contributed by atoms with Crippen LogP contribution in [0.3, 0.4) is 0 Å². The lowest BCUT2D eigenvalue weighted by atomic mass is 10.1. The normalized spacial score (nSPS) is 12.4. The molecule has 3 nitrogen and oxygen atoms in total. The lowest BCUT2D eigenvalue weighted by Gasteiger charge is -2.10. The van der Waals surface area contributed by atoms with Gasteiger partial charge in [-0.25, -0.2) is 4.79 Å². The fourth-order valence-electron chi connectivity index (χ4n) is 1.28. The van der Waals surface area contributed by atoms with Crippen LogP contribution < -0.4 is 0 Å². The van der Waals surface area contributed by atoms with Gasteiger partial charge in [0.25, 0.3) is 0 Å². The number of hydrogen-bond acceptors (Lipinski definition) is 3. The first-order chi connectivity index (χ1) is 7.54. The van der Waals surface area contributed by atoms with Crippen molar-refractivity contribution in [1.29, 1.82) is 0 Å². The fraction of sp³-hybridized carbons (Fsp3) is 0.417. The Balaban J connectivity index is 2.72. The van der Waals surface area contributed by atoms with E-state index in [1.165, 1.54) is 0 Å². The summed E-state index contributed by atoms with van der Waals surface area (Å²) < 4.78 is 0. The number of benzene rings is 1. The van der Waals surface area contributed by atoms with Crippen LogP contribution >= 0.6 is 11.8 Å². The minimum Gasteiger partial charge on any atom is -0.478 e. The molecule has 2 N–H and O–H groups in total. The molecule has 0 saturated carbocycles. The van der Waals surface area contributed by atoms with Gasteiger partial charge in [0.1, 0.15) is 0 Å². The Morgan fingerprint density at radius 1 is 1.50 bits per heavy atom. The zero-order valence-electron chi connectivity index (χ0n) is 9.43. The Bertz CT molecular complexity index is 377. The summed E-state index contributed by atoms with van der Waals surface area (Å²) >= 11 is 1.66. The van der Waals surface area contributed by atoms with Gasteiger partial charge < -0.3 is 10.2 Å². The Morgan fingerprint density at radius 2 is 2.19 bits per heavy atom. The van der Waals surface area contributed by atoms with Crippen LogP contribution in [0.1, 0.15) is 28.4 Å². The zero-order valence-corrected chi connectivity index (χ0v) is 10.3. The van der Waals surface area contributed by atoms with E-state index in [9.17, 15) is 4.79 Å². The van der Waals surface area contributed by atoms with E-state index in [0.717, 1.165) is 16.9 Å². The summed E-state index contributed by atoms with van der Waals surface area (Å²) in [5.74, 6) is -0.0981. The van der Waals surface area contributed by atoms with Crippen molar-refractivity contribution in [2.75, 3.05) is 6.61 Å². The third-order valence-electron chi connectivity index (χ3n) is 2.37. The number of thioether (sulfide) groups is 1. The van der Waals surface area contributed by atoms with Crippen LogP contribution in [-0.2, 0) is 5.75 Å². The summed E-state index contributed by atoms with van der Waals surface area (Å²) in [5, 5.41) is 17.9. The molecule has 4 heteroatoms. The van der Waals surface area contributed by atoms with E-state index in [0.29, 0.717) is 5.56 Å². The van der Waals surface area contributed by atoms with Crippen LogP contribution in [0.5, 0.6) is 0 Å². The van der Waals surface area contributed by atoms with Gasteiger partial charge in [-0.15, -0.1) is 0 Å². The van der Waals surface area contributed by atoms with Crippen LogP contribution in [0.15, 0.2) is 18.2 Å². The molecule has 0 aliphatic carbocycles. The third kappa shape index (κ3) is 3.54. The summed E-state index contributed by atoms with van der Waals surface area (Å²) in [6.45, 7) is 4.04. The molecule has 0 aliphatic heterocycles. The van der Waals surface area contributed by atoms with Crippen molar-refractivity contribution >= 4 is 17.7 Å². The highest BCUT2D eigenvalue weighted by atomic mass is 32.2. The van der Waals surface area contributed by atoms with E-state index < -0.39 is 5.97 Å². The maximum Gasteiger partial charge on any atom is 0.335 e. The molecule has 0 aromatic heterocycles. The number of rotatable bonds is 5. The molecule has 0 spiro atoms. The summed E-state index contributed by atoms with van der Waals surface area (Å²) in [6, 6.07) is 5.15. The van der Waals surface area contributed by atoms with Crippen molar-refractivity contribution in [2.45, 2.75) is 24.9 Å². The highest BCUT2D eigenvalue weighted by molar-refractivity contribution is 7.99. The topological polar surface area (TPSA) is 57.5 Å². The Kier molecular flexibility index (Phi) is 4.83. The van der Waals surface area contributed by atoms with Crippen LogP contribution in [-0.4, -0.2) is 28.0 Å². The summed E-state index contributed by atoms with van der Waals surface area (Å²) in [4.78, 5) is 10.7. The average Bonchev–Trinajstić information content (AvgIpc) is 2.26. The highest BCUT2D eigenvalue weighted by Gasteiger charge is 2.07. The largest absolute Gasteiger partial charge is 0.478 e. The summed E-state index contributed by atoms with van der Waals surface area (Å²) in [7, 11) is 0. The molecule has 0 fully saturated rings. The average molecular weight is 240 g/mol. The van der Waals surface area contributed by atoms with E-state index in [1.807, 2.05) is 19.9 Å². The molecule has 0 bridgehead atoms. The Labute approximate surface area is 99.5 Å². The quantitative estimate of drug-likeness (QED) is 0.829. The van der Waals surface area contributed by atoms with E-state index in [1.54, 1.807) is 23.9 Å². The number of aromatic carboxylic acids is 1. The zero-order chi connectivity index (χ0) is 12.1. The number of hydrogen-bond donors (Lipinski definition) is 2. The number of aliphatic hydroxyl groups excluding tert-OH is 1. The Hall–Kier alpha value is -1.000. The van der Waals surface area contributed by atoms with E-state index in [4.69, 9.17) is 10.2 Å². The maximum atomic E-state index is 10.7. The van der Waals surface area contributed by atoms with Gasteiger partial charge in [-0.1, -0.05) is 13.0 Å². The molecule has 0 saturated heterocycles. The first kappa shape index (κ1) is 13.1. The second-order valence-electron chi connectivity index (χ2n) is 3.75. The Morgan fingerprint density at radius 3 is 2.69 bits per heavy atom. The number of carboxylic acids is 1. The summed E-state index contributed by atoms with van der Waals surface area (Å²) in [5.41, 5.74) is 2.43. The molecule has 1 aromatic carbocycles. The minimum atomic E-state index is -0.897. The van der Waals surface area contributed by atoms with Crippen LogP contribution in [0, 0.1) is 6.92 Å². The van der Waals surface area contributed by atoms with E-state index in [2.05, 4.69) is 0 Å². The molecule has 0 radical (unpaired) electrons.